The van der Waals surface area contributed by atoms with Gasteiger partial charge in [-0.3, -0.25) is 24.0 Å². The van der Waals surface area contributed by atoms with Crippen molar-refractivity contribution in [2.45, 2.75) is 95.6 Å². The van der Waals surface area contributed by atoms with Crippen LogP contribution in [0.25, 0.3) is 0 Å². The average Bonchev–Trinajstić information content (AvgIpc) is 3.50. The molecule has 2 fully saturated rings. The van der Waals surface area contributed by atoms with Gasteiger partial charge in [0.05, 0.1) is 6.10 Å². The summed E-state index contributed by atoms with van der Waals surface area (Å²) in [6.45, 7) is 5.21. The summed E-state index contributed by atoms with van der Waals surface area (Å²) in [4.78, 5) is 84.2. The van der Waals surface area contributed by atoms with Crippen LogP contribution in [-0.2, 0) is 30.4 Å². The van der Waals surface area contributed by atoms with E-state index < -0.39 is 76.8 Å². The molecular weight excluding hydrogens is 630 g/mol. The summed E-state index contributed by atoms with van der Waals surface area (Å²) in [6.07, 6.45) is -0.373. The van der Waals surface area contributed by atoms with Crippen molar-refractivity contribution in [3.05, 3.63) is 39.9 Å². The van der Waals surface area contributed by atoms with Gasteiger partial charge in [0.2, 0.25) is 29.5 Å². The first kappa shape index (κ1) is 37.5. The SMILES string of the molecule is CC(C)C[C@@H]1NC(=O)[C@H](Cc2ccc(O)cc2)NC(=O)[C@H](CCCN=C(N)N[N+](=O)[O-])NC(=O)[C@H]([C@@H](C)O)NC(=O)[C@@H]2CCCN2C1=O. The van der Waals surface area contributed by atoms with E-state index >= 15 is 0 Å². The zero-order valence-corrected chi connectivity index (χ0v) is 27.2. The van der Waals surface area contributed by atoms with Crippen LogP contribution in [0.3, 0.4) is 0 Å². The van der Waals surface area contributed by atoms with E-state index in [1.165, 1.54) is 24.0 Å². The number of guanidine groups is 1. The van der Waals surface area contributed by atoms with Gasteiger partial charge in [0.1, 0.15) is 36.0 Å². The first-order valence-corrected chi connectivity index (χ1v) is 15.8. The number of phenols is 1. The van der Waals surface area contributed by atoms with Gasteiger partial charge in [-0.05, 0) is 62.6 Å². The fourth-order valence-corrected chi connectivity index (χ4v) is 5.63. The molecule has 2 aliphatic rings. The third-order valence-corrected chi connectivity index (χ3v) is 8.00. The molecule has 0 aromatic heterocycles. The molecule has 1 aromatic carbocycles. The minimum Gasteiger partial charge on any atom is -0.508 e. The lowest BCUT2D eigenvalue weighted by molar-refractivity contribution is -0.525. The second kappa shape index (κ2) is 17.2. The number of benzene rings is 1. The highest BCUT2D eigenvalue weighted by atomic mass is 16.7. The highest BCUT2D eigenvalue weighted by Crippen LogP contribution is 2.21. The number of hydrogen-bond donors (Lipinski definition) is 8. The minimum atomic E-state index is -1.49. The molecule has 2 heterocycles. The van der Waals surface area contributed by atoms with Gasteiger partial charge in [0, 0.05) is 19.5 Å². The third-order valence-electron chi connectivity index (χ3n) is 8.00. The Bertz CT molecular complexity index is 1370. The number of nitrogens with zero attached hydrogens (tertiary/aromatic N) is 3. The lowest BCUT2D eigenvalue weighted by atomic mass is 10.00. The van der Waals surface area contributed by atoms with Crippen LogP contribution in [0.15, 0.2) is 29.3 Å². The molecular formula is C30H45N9O9. The van der Waals surface area contributed by atoms with Gasteiger partial charge in [-0.15, -0.1) is 0 Å². The van der Waals surface area contributed by atoms with Crippen LogP contribution in [0, 0.1) is 16.0 Å². The van der Waals surface area contributed by atoms with E-state index in [1.807, 2.05) is 13.8 Å². The number of hydrogen-bond acceptors (Lipinski definition) is 10. The molecule has 0 radical (unpaired) electrons. The van der Waals surface area contributed by atoms with Gasteiger partial charge in [-0.2, -0.15) is 0 Å². The maximum atomic E-state index is 13.9. The molecule has 0 spiro atoms. The lowest BCUT2D eigenvalue weighted by Gasteiger charge is -2.31. The number of aliphatic hydroxyl groups excluding tert-OH is 1. The van der Waals surface area contributed by atoms with Crippen molar-refractivity contribution in [2.24, 2.45) is 16.6 Å². The van der Waals surface area contributed by atoms with E-state index in [0.717, 1.165) is 0 Å². The van der Waals surface area contributed by atoms with Gasteiger partial charge in [0.25, 0.3) is 5.96 Å². The molecule has 3 rings (SSSR count). The molecule has 48 heavy (non-hydrogen) atoms. The number of nitrogens with two attached hydrogens (primary N) is 1. The molecule has 0 saturated carbocycles. The Hall–Kier alpha value is -5.00. The molecule has 0 bridgehead atoms. The molecule has 0 aliphatic carbocycles. The van der Waals surface area contributed by atoms with Crippen LogP contribution >= 0.6 is 0 Å². The Kier molecular flexibility index (Phi) is 13.5. The van der Waals surface area contributed by atoms with Gasteiger partial charge < -0.3 is 42.1 Å². The molecule has 18 nitrogen and oxygen atoms in total. The Labute approximate surface area is 277 Å². The standard InChI is InChI=1S/C30H45N9O9/c1-16(2)14-22-29(46)38-13-5-7-23(38)27(44)36-24(17(3)40)28(45)33-20(6-4-12-32-30(31)37-39(47)48)25(42)34-21(26(43)35-22)15-18-8-10-19(41)11-9-18/h8-11,16-17,20-24,40-41H,4-7,12-15H2,1-3H3,(H,33,45)(H,34,42)(H,35,43)(H,36,44)(H3,31,32,37)/t17-,20+,21+,22+,23+,24+/m1/s1. The Morgan fingerprint density at radius 3 is 2.25 bits per heavy atom. The van der Waals surface area contributed by atoms with E-state index in [9.17, 15) is 44.3 Å². The van der Waals surface area contributed by atoms with Crippen LogP contribution in [0.4, 0.5) is 0 Å². The first-order chi connectivity index (χ1) is 22.7. The van der Waals surface area contributed by atoms with Crippen molar-refractivity contribution in [3.8, 4) is 5.75 Å². The maximum Gasteiger partial charge on any atom is 0.251 e. The van der Waals surface area contributed by atoms with Crippen LogP contribution in [-0.4, -0.2) is 105 Å². The second-order valence-electron chi connectivity index (χ2n) is 12.4. The fourth-order valence-electron chi connectivity index (χ4n) is 5.63. The number of fused-ring (bicyclic) bond motifs is 1. The number of aliphatic imine (C=N–C) groups is 1. The number of nitro groups is 1. The molecule has 2 saturated heterocycles. The van der Waals surface area contributed by atoms with E-state index in [0.29, 0.717) is 18.4 Å². The summed E-state index contributed by atoms with van der Waals surface area (Å²) in [5.74, 6) is -4.02. The smallest absolute Gasteiger partial charge is 0.251 e. The summed E-state index contributed by atoms with van der Waals surface area (Å²) in [6, 6.07) is -0.0558. The van der Waals surface area contributed by atoms with Gasteiger partial charge >= 0.3 is 0 Å². The number of rotatable bonds is 10. The van der Waals surface area contributed by atoms with Crippen molar-refractivity contribution < 1.29 is 39.2 Å². The normalized spacial score (nSPS) is 25.2. The van der Waals surface area contributed by atoms with E-state index in [4.69, 9.17) is 5.73 Å². The quantitative estimate of drug-likeness (QED) is 0.0450. The number of phenolic OH excluding ortho intramolecular Hbond substituents is 1. The van der Waals surface area contributed by atoms with Crippen LogP contribution in [0.2, 0.25) is 0 Å². The third kappa shape index (κ3) is 10.8. The largest absolute Gasteiger partial charge is 0.508 e. The summed E-state index contributed by atoms with van der Waals surface area (Å²) in [5, 5.41) is 40.5. The van der Waals surface area contributed by atoms with Crippen molar-refractivity contribution in [1.29, 1.82) is 0 Å². The summed E-state index contributed by atoms with van der Waals surface area (Å²) < 4.78 is 0. The molecule has 6 atom stereocenters. The predicted molar refractivity (Wildman–Crippen MR) is 171 cm³/mol. The molecule has 0 unspecified atom stereocenters. The summed E-state index contributed by atoms with van der Waals surface area (Å²) in [7, 11) is 0. The zero-order chi connectivity index (χ0) is 35.5. The highest BCUT2D eigenvalue weighted by Gasteiger charge is 2.41. The molecule has 9 N–H and O–H groups in total. The van der Waals surface area contributed by atoms with E-state index in [1.54, 1.807) is 17.6 Å². The Morgan fingerprint density at radius 1 is 1.00 bits per heavy atom. The molecule has 2 aliphatic heterocycles. The summed E-state index contributed by atoms with van der Waals surface area (Å²) in [5.41, 5.74) is 7.73. The van der Waals surface area contributed by atoms with Gasteiger partial charge in [-0.1, -0.05) is 31.4 Å². The number of aliphatic hydroxyl groups is 1. The van der Waals surface area contributed by atoms with E-state index in [-0.39, 0.29) is 50.4 Å². The van der Waals surface area contributed by atoms with Gasteiger partial charge in [-0.25, -0.2) is 15.1 Å². The predicted octanol–water partition coefficient (Wildman–Crippen LogP) is -1.82. The Balaban J connectivity index is 2.01. The van der Waals surface area contributed by atoms with Crippen molar-refractivity contribution in [1.82, 2.24) is 31.6 Å². The topological polar surface area (TPSA) is 271 Å². The number of carbonyl (C=O) groups is 5. The molecule has 5 amide bonds. The van der Waals surface area contributed by atoms with Crippen LogP contribution in [0.5, 0.6) is 5.75 Å². The van der Waals surface area contributed by atoms with Crippen LogP contribution in [0.1, 0.15) is 58.4 Å². The zero-order valence-electron chi connectivity index (χ0n) is 27.2. The van der Waals surface area contributed by atoms with E-state index in [2.05, 4.69) is 26.3 Å². The fraction of sp³-hybridized carbons (Fsp3) is 0.600. The molecule has 18 heteroatoms. The second-order valence-corrected chi connectivity index (χ2v) is 12.4. The Morgan fingerprint density at radius 2 is 1.62 bits per heavy atom. The van der Waals surface area contributed by atoms with Crippen molar-refractivity contribution in [2.75, 3.05) is 13.1 Å². The number of aromatic hydroxyl groups is 1. The lowest BCUT2D eigenvalue weighted by Crippen LogP contribution is -2.60. The maximum absolute atomic E-state index is 13.9. The number of hydrazine groups is 1. The highest BCUT2D eigenvalue weighted by molar-refractivity contribution is 5.98. The number of carbonyl (C=O) groups excluding carboxylic acids is 5. The van der Waals surface area contributed by atoms with Gasteiger partial charge in [0.15, 0.2) is 5.03 Å². The molecule has 1 aromatic rings. The molecule has 264 valence electrons. The number of nitrogens with one attached hydrogen (secondary N) is 5. The first-order valence-electron chi connectivity index (χ1n) is 15.8. The van der Waals surface area contributed by atoms with Crippen molar-refractivity contribution in [3.63, 3.8) is 0 Å². The van der Waals surface area contributed by atoms with Crippen LogP contribution < -0.4 is 32.4 Å². The van der Waals surface area contributed by atoms with Crippen molar-refractivity contribution >= 4 is 35.5 Å². The monoisotopic (exact) mass is 675 g/mol. The minimum absolute atomic E-state index is 0.00706. The number of amides is 5. The summed E-state index contributed by atoms with van der Waals surface area (Å²) >= 11 is 0. The average molecular weight is 676 g/mol.